The molecule has 13 heavy (non-hydrogen) atoms. The highest BCUT2D eigenvalue weighted by Crippen LogP contribution is 2.09. The molecule has 2 heterocycles. The number of aromatic nitrogens is 2. The van der Waals surface area contributed by atoms with Gasteiger partial charge >= 0.3 is 0 Å². The van der Waals surface area contributed by atoms with Crippen LogP contribution in [0.15, 0.2) is 10.9 Å². The van der Waals surface area contributed by atoms with Crippen LogP contribution >= 0.6 is 0 Å². The molecule has 1 fully saturated rings. The fourth-order valence-electron chi connectivity index (χ4n) is 1.51. The Morgan fingerprint density at radius 2 is 2.54 bits per heavy atom. The maximum atomic E-state index is 7.60. The lowest BCUT2D eigenvalue weighted by atomic mass is 10.4. The summed E-state index contributed by atoms with van der Waals surface area (Å²) in [6, 6.07) is 0. The van der Waals surface area contributed by atoms with Gasteiger partial charge in [0.1, 0.15) is 0 Å². The molecule has 0 amide bonds. The Morgan fingerprint density at radius 3 is 3.15 bits per heavy atom. The zero-order valence-electron chi connectivity index (χ0n) is 7.36. The molecule has 1 N–H and O–H groups in total. The number of amidine groups is 1. The van der Waals surface area contributed by atoms with E-state index in [0.717, 1.165) is 44.0 Å². The molecule has 5 nitrogen and oxygen atoms in total. The van der Waals surface area contributed by atoms with Crippen molar-refractivity contribution in [3.05, 3.63) is 12.2 Å². The van der Waals surface area contributed by atoms with Gasteiger partial charge in [0, 0.05) is 25.9 Å². The Hall–Kier alpha value is -1.39. The smallest absolute Gasteiger partial charge is 0.213 e. The largest absolute Gasteiger partial charge is 0.360 e. The summed E-state index contributed by atoms with van der Waals surface area (Å²) in [5.74, 6) is 1.46. The molecule has 0 aliphatic carbocycles. The predicted molar refractivity (Wildman–Crippen MR) is 46.5 cm³/mol. The van der Waals surface area contributed by atoms with Crippen molar-refractivity contribution in [2.45, 2.75) is 19.3 Å². The fourth-order valence-corrected chi connectivity index (χ4v) is 1.51. The van der Waals surface area contributed by atoms with Crippen LogP contribution in [0.3, 0.4) is 0 Å². The van der Waals surface area contributed by atoms with Crippen molar-refractivity contribution >= 4 is 5.84 Å². The van der Waals surface area contributed by atoms with Crippen LogP contribution in [0, 0.1) is 5.41 Å². The van der Waals surface area contributed by atoms with Gasteiger partial charge in [-0.1, -0.05) is 5.16 Å². The van der Waals surface area contributed by atoms with Crippen molar-refractivity contribution in [3.63, 3.8) is 0 Å². The third kappa shape index (κ3) is 1.85. The Balaban J connectivity index is 1.82. The molecule has 0 unspecified atom stereocenters. The summed E-state index contributed by atoms with van der Waals surface area (Å²) in [5, 5.41) is 11.3. The molecule has 0 aromatic carbocycles. The summed E-state index contributed by atoms with van der Waals surface area (Å²) in [6.07, 6.45) is 4.11. The second-order valence-corrected chi connectivity index (χ2v) is 3.13. The maximum absolute atomic E-state index is 7.60. The molecule has 0 bridgehead atoms. The zero-order chi connectivity index (χ0) is 9.10. The van der Waals surface area contributed by atoms with E-state index < -0.39 is 0 Å². The number of likely N-dealkylation sites (tertiary alicyclic amines) is 1. The molecule has 5 heteroatoms. The summed E-state index contributed by atoms with van der Waals surface area (Å²) in [7, 11) is 0. The highest BCUT2D eigenvalue weighted by Gasteiger charge is 2.16. The summed E-state index contributed by atoms with van der Waals surface area (Å²) < 4.78 is 4.62. The predicted octanol–water partition coefficient (Wildman–Crippen LogP) is 0.685. The molecule has 0 spiro atoms. The minimum absolute atomic E-state index is 0.722. The van der Waals surface area contributed by atoms with E-state index in [1.165, 1.54) is 6.39 Å². The number of rotatable bonds is 3. The molecule has 2 rings (SSSR count). The van der Waals surface area contributed by atoms with Crippen LogP contribution in [0.1, 0.15) is 18.7 Å². The van der Waals surface area contributed by atoms with E-state index >= 15 is 0 Å². The van der Waals surface area contributed by atoms with Gasteiger partial charge in [-0.2, -0.15) is 4.98 Å². The number of nitrogens with zero attached hydrogens (tertiary/aromatic N) is 3. The van der Waals surface area contributed by atoms with Crippen LogP contribution in [0.2, 0.25) is 0 Å². The van der Waals surface area contributed by atoms with Gasteiger partial charge < -0.3 is 9.42 Å². The Bertz CT molecular complexity index is 282. The molecule has 1 aliphatic heterocycles. The summed E-state index contributed by atoms with van der Waals surface area (Å²) in [5.41, 5.74) is 0. The third-order valence-electron chi connectivity index (χ3n) is 2.24. The molecule has 0 atom stereocenters. The van der Waals surface area contributed by atoms with Crippen LogP contribution in [0.4, 0.5) is 0 Å². The standard InChI is InChI=1S/C8H12N4O/c9-7-2-1-4-12(7)5-3-8-10-6-13-11-8/h6,9H,1-5H2. The van der Waals surface area contributed by atoms with Crippen LogP contribution in [-0.4, -0.2) is 34.0 Å². The molecule has 1 aliphatic rings. The molecule has 70 valence electrons. The van der Waals surface area contributed by atoms with Gasteiger partial charge in [0.15, 0.2) is 5.82 Å². The van der Waals surface area contributed by atoms with E-state index in [-0.39, 0.29) is 0 Å². The average molecular weight is 180 g/mol. The normalized spacial score (nSPS) is 16.9. The Labute approximate surface area is 76.2 Å². The van der Waals surface area contributed by atoms with Gasteiger partial charge in [-0.05, 0) is 6.42 Å². The van der Waals surface area contributed by atoms with E-state index in [1.54, 1.807) is 0 Å². The first kappa shape index (κ1) is 8.22. The van der Waals surface area contributed by atoms with Gasteiger partial charge in [0.2, 0.25) is 6.39 Å². The molecule has 0 saturated carbocycles. The summed E-state index contributed by atoms with van der Waals surface area (Å²) in [6.45, 7) is 1.83. The topological polar surface area (TPSA) is 66.0 Å². The van der Waals surface area contributed by atoms with Crippen LogP contribution in [0.25, 0.3) is 0 Å². The van der Waals surface area contributed by atoms with E-state index in [1.807, 2.05) is 0 Å². The second-order valence-electron chi connectivity index (χ2n) is 3.13. The summed E-state index contributed by atoms with van der Waals surface area (Å²) >= 11 is 0. The van der Waals surface area contributed by atoms with Gasteiger partial charge in [-0.15, -0.1) is 0 Å². The molecular weight excluding hydrogens is 168 g/mol. The lowest BCUT2D eigenvalue weighted by Crippen LogP contribution is -2.26. The highest BCUT2D eigenvalue weighted by atomic mass is 16.5. The third-order valence-corrected chi connectivity index (χ3v) is 2.24. The van der Waals surface area contributed by atoms with Crippen molar-refractivity contribution in [2.75, 3.05) is 13.1 Å². The fraction of sp³-hybridized carbons (Fsp3) is 0.625. The van der Waals surface area contributed by atoms with E-state index in [2.05, 4.69) is 19.6 Å². The van der Waals surface area contributed by atoms with Gasteiger partial charge in [-0.25, -0.2) is 0 Å². The quantitative estimate of drug-likeness (QED) is 0.743. The first-order chi connectivity index (χ1) is 6.36. The van der Waals surface area contributed by atoms with Gasteiger partial charge in [0.25, 0.3) is 0 Å². The average Bonchev–Trinajstić information content (AvgIpc) is 2.72. The summed E-state index contributed by atoms with van der Waals surface area (Å²) in [4.78, 5) is 5.99. The monoisotopic (exact) mass is 180 g/mol. The lowest BCUT2D eigenvalue weighted by molar-refractivity contribution is 0.400. The van der Waals surface area contributed by atoms with Crippen molar-refractivity contribution < 1.29 is 4.52 Å². The zero-order valence-corrected chi connectivity index (χ0v) is 7.36. The number of hydrogen-bond donors (Lipinski definition) is 1. The molecule has 0 radical (unpaired) electrons. The van der Waals surface area contributed by atoms with Crippen molar-refractivity contribution in [3.8, 4) is 0 Å². The number of nitrogens with one attached hydrogen (secondary N) is 1. The van der Waals surface area contributed by atoms with Crippen LogP contribution in [0.5, 0.6) is 0 Å². The SMILES string of the molecule is N=C1CCCN1CCc1ncon1. The van der Waals surface area contributed by atoms with Crippen LogP contribution < -0.4 is 0 Å². The van der Waals surface area contributed by atoms with Crippen LogP contribution in [-0.2, 0) is 6.42 Å². The van der Waals surface area contributed by atoms with E-state index in [4.69, 9.17) is 5.41 Å². The van der Waals surface area contributed by atoms with Crippen molar-refractivity contribution in [1.29, 1.82) is 5.41 Å². The Morgan fingerprint density at radius 1 is 1.62 bits per heavy atom. The first-order valence-corrected chi connectivity index (χ1v) is 4.44. The van der Waals surface area contributed by atoms with Crippen molar-refractivity contribution in [1.82, 2.24) is 15.0 Å². The van der Waals surface area contributed by atoms with Crippen molar-refractivity contribution in [2.24, 2.45) is 0 Å². The lowest BCUT2D eigenvalue weighted by Gasteiger charge is -2.15. The van der Waals surface area contributed by atoms with E-state index in [9.17, 15) is 0 Å². The van der Waals surface area contributed by atoms with Gasteiger partial charge in [0.05, 0.1) is 5.84 Å². The minimum Gasteiger partial charge on any atom is -0.360 e. The molecule has 1 aromatic rings. The highest BCUT2D eigenvalue weighted by molar-refractivity contribution is 5.80. The second kappa shape index (κ2) is 3.55. The van der Waals surface area contributed by atoms with E-state index in [0.29, 0.717) is 0 Å². The number of hydrogen-bond acceptors (Lipinski definition) is 4. The molecule has 1 aromatic heterocycles. The van der Waals surface area contributed by atoms with Gasteiger partial charge in [-0.3, -0.25) is 5.41 Å². The Kier molecular flexibility index (Phi) is 2.25. The minimum atomic E-state index is 0.722. The molecular formula is C8H12N4O. The first-order valence-electron chi connectivity index (χ1n) is 4.44. The maximum Gasteiger partial charge on any atom is 0.213 e. The molecule has 1 saturated heterocycles.